The van der Waals surface area contributed by atoms with Gasteiger partial charge in [-0.25, -0.2) is 4.98 Å². The number of methoxy groups -OCH3 is 1. The van der Waals surface area contributed by atoms with E-state index in [0.717, 1.165) is 6.54 Å². The van der Waals surface area contributed by atoms with Gasteiger partial charge in [0.25, 0.3) is 0 Å². The Kier molecular flexibility index (Phi) is 3.58. The molecule has 0 spiro atoms. The zero-order valence-corrected chi connectivity index (χ0v) is 11.0. The maximum Gasteiger partial charge on any atom is 0.325 e. The quantitative estimate of drug-likeness (QED) is 0.866. The standard InChI is InChI=1S/C10H11BrN4O2/c1-3-15-6-7(4-13-15)17-10-12-5-8(11)9(14-10)16-2/h4-6H,3H2,1-2H3. The molecule has 0 fully saturated rings. The summed E-state index contributed by atoms with van der Waals surface area (Å²) in [4.78, 5) is 8.10. The molecule has 0 bridgehead atoms. The molecular weight excluding hydrogens is 288 g/mol. The van der Waals surface area contributed by atoms with Crippen LogP contribution in [0.25, 0.3) is 0 Å². The Morgan fingerprint density at radius 1 is 1.41 bits per heavy atom. The molecule has 0 aliphatic heterocycles. The lowest BCUT2D eigenvalue weighted by atomic mass is 10.6. The lowest BCUT2D eigenvalue weighted by Gasteiger charge is -2.04. The molecule has 7 heteroatoms. The van der Waals surface area contributed by atoms with E-state index in [9.17, 15) is 0 Å². The summed E-state index contributed by atoms with van der Waals surface area (Å²) in [6.07, 6.45) is 4.96. The van der Waals surface area contributed by atoms with E-state index in [1.165, 1.54) is 7.11 Å². The zero-order valence-electron chi connectivity index (χ0n) is 9.42. The maximum absolute atomic E-state index is 5.45. The van der Waals surface area contributed by atoms with Crippen molar-refractivity contribution < 1.29 is 9.47 Å². The molecule has 2 aromatic rings. The van der Waals surface area contributed by atoms with Gasteiger partial charge in [0.15, 0.2) is 5.75 Å². The SMILES string of the molecule is CCn1cc(Oc2ncc(Br)c(OC)n2)cn1. The van der Waals surface area contributed by atoms with Gasteiger partial charge >= 0.3 is 6.01 Å². The lowest BCUT2D eigenvalue weighted by molar-refractivity contribution is 0.373. The number of hydrogen-bond acceptors (Lipinski definition) is 5. The van der Waals surface area contributed by atoms with E-state index in [1.54, 1.807) is 23.3 Å². The van der Waals surface area contributed by atoms with Crippen molar-refractivity contribution in [1.82, 2.24) is 19.7 Å². The second-order valence-electron chi connectivity index (χ2n) is 3.14. The van der Waals surface area contributed by atoms with Gasteiger partial charge in [-0.05, 0) is 22.9 Å². The van der Waals surface area contributed by atoms with E-state index in [1.807, 2.05) is 6.92 Å². The third-order valence-electron chi connectivity index (χ3n) is 2.03. The van der Waals surface area contributed by atoms with E-state index in [2.05, 4.69) is 31.0 Å². The molecule has 0 N–H and O–H groups in total. The number of nitrogens with zero attached hydrogens (tertiary/aromatic N) is 4. The first-order valence-corrected chi connectivity index (χ1v) is 5.79. The van der Waals surface area contributed by atoms with Crippen LogP contribution in [0.2, 0.25) is 0 Å². The Bertz CT molecular complexity index is 515. The van der Waals surface area contributed by atoms with Crippen LogP contribution in [0.1, 0.15) is 6.92 Å². The van der Waals surface area contributed by atoms with Gasteiger partial charge in [-0.2, -0.15) is 10.1 Å². The molecule has 0 aromatic carbocycles. The highest BCUT2D eigenvalue weighted by atomic mass is 79.9. The third-order valence-corrected chi connectivity index (χ3v) is 2.57. The summed E-state index contributed by atoms with van der Waals surface area (Å²) < 4.78 is 12.9. The van der Waals surface area contributed by atoms with Crippen molar-refractivity contribution in [2.24, 2.45) is 0 Å². The first-order valence-electron chi connectivity index (χ1n) is 4.99. The van der Waals surface area contributed by atoms with Crippen molar-refractivity contribution in [2.75, 3.05) is 7.11 Å². The normalized spacial score (nSPS) is 10.3. The van der Waals surface area contributed by atoms with Gasteiger partial charge in [-0.15, -0.1) is 0 Å². The molecule has 0 unspecified atom stereocenters. The molecule has 0 atom stereocenters. The van der Waals surface area contributed by atoms with E-state index in [-0.39, 0.29) is 6.01 Å². The van der Waals surface area contributed by atoms with Gasteiger partial charge in [0.05, 0.1) is 30.2 Å². The minimum atomic E-state index is 0.223. The molecule has 90 valence electrons. The minimum absolute atomic E-state index is 0.223. The Labute approximate surface area is 107 Å². The number of hydrogen-bond donors (Lipinski definition) is 0. The van der Waals surface area contributed by atoms with Gasteiger partial charge in [0.1, 0.15) is 0 Å². The van der Waals surface area contributed by atoms with Crippen molar-refractivity contribution in [2.45, 2.75) is 13.5 Å². The van der Waals surface area contributed by atoms with E-state index < -0.39 is 0 Å². The van der Waals surface area contributed by atoms with Crippen LogP contribution in [0.3, 0.4) is 0 Å². The first-order chi connectivity index (χ1) is 8.22. The molecule has 0 amide bonds. The van der Waals surface area contributed by atoms with Gasteiger partial charge < -0.3 is 9.47 Å². The number of rotatable bonds is 4. The highest BCUT2D eigenvalue weighted by Gasteiger charge is 2.08. The Balaban J connectivity index is 2.18. The second-order valence-corrected chi connectivity index (χ2v) is 4.00. The summed E-state index contributed by atoms with van der Waals surface area (Å²) >= 11 is 3.27. The monoisotopic (exact) mass is 298 g/mol. The van der Waals surface area contributed by atoms with Gasteiger partial charge in [-0.1, -0.05) is 0 Å². The molecule has 0 saturated carbocycles. The van der Waals surface area contributed by atoms with E-state index >= 15 is 0 Å². The largest absolute Gasteiger partial charge is 0.480 e. The van der Waals surface area contributed by atoms with Crippen LogP contribution in [0.4, 0.5) is 0 Å². The third kappa shape index (κ3) is 2.73. The Morgan fingerprint density at radius 2 is 2.24 bits per heavy atom. The highest BCUT2D eigenvalue weighted by molar-refractivity contribution is 9.10. The van der Waals surface area contributed by atoms with Crippen LogP contribution in [0.15, 0.2) is 23.1 Å². The van der Waals surface area contributed by atoms with Crippen LogP contribution >= 0.6 is 15.9 Å². The number of ether oxygens (including phenoxy) is 2. The number of aryl methyl sites for hydroxylation is 1. The molecule has 17 heavy (non-hydrogen) atoms. The highest BCUT2D eigenvalue weighted by Crippen LogP contribution is 2.25. The Morgan fingerprint density at radius 3 is 2.88 bits per heavy atom. The van der Waals surface area contributed by atoms with Gasteiger partial charge in [0, 0.05) is 6.54 Å². The zero-order chi connectivity index (χ0) is 12.3. The minimum Gasteiger partial charge on any atom is -0.480 e. The fourth-order valence-corrected chi connectivity index (χ4v) is 1.56. The summed E-state index contributed by atoms with van der Waals surface area (Å²) in [7, 11) is 1.53. The first kappa shape index (κ1) is 11.8. The molecule has 2 aromatic heterocycles. The van der Waals surface area contributed by atoms with Crippen molar-refractivity contribution in [3.8, 4) is 17.6 Å². The van der Waals surface area contributed by atoms with Crippen LogP contribution in [-0.4, -0.2) is 26.9 Å². The summed E-state index contributed by atoms with van der Waals surface area (Å²) in [6, 6.07) is 0.223. The number of halogens is 1. The average Bonchev–Trinajstić information content (AvgIpc) is 2.79. The predicted octanol–water partition coefficient (Wildman–Crippen LogP) is 2.26. The fraction of sp³-hybridized carbons (Fsp3) is 0.300. The molecular formula is C10H11BrN4O2. The fourth-order valence-electron chi connectivity index (χ4n) is 1.20. The lowest BCUT2D eigenvalue weighted by Crippen LogP contribution is -1.95. The van der Waals surface area contributed by atoms with Crippen molar-refractivity contribution in [1.29, 1.82) is 0 Å². The van der Waals surface area contributed by atoms with Crippen LogP contribution in [-0.2, 0) is 6.54 Å². The molecule has 0 radical (unpaired) electrons. The summed E-state index contributed by atoms with van der Waals surface area (Å²) in [5.41, 5.74) is 0. The smallest absolute Gasteiger partial charge is 0.325 e. The predicted molar refractivity (Wildman–Crippen MR) is 64.3 cm³/mol. The molecule has 0 saturated heterocycles. The molecule has 2 rings (SSSR count). The van der Waals surface area contributed by atoms with E-state index in [4.69, 9.17) is 9.47 Å². The van der Waals surface area contributed by atoms with Crippen molar-refractivity contribution in [3.63, 3.8) is 0 Å². The maximum atomic E-state index is 5.45. The molecule has 0 aliphatic carbocycles. The second kappa shape index (κ2) is 5.13. The summed E-state index contributed by atoms with van der Waals surface area (Å²) in [5.74, 6) is 1.02. The van der Waals surface area contributed by atoms with E-state index in [0.29, 0.717) is 16.1 Å². The Hall–Kier alpha value is -1.63. The van der Waals surface area contributed by atoms with Crippen LogP contribution in [0.5, 0.6) is 17.6 Å². The average molecular weight is 299 g/mol. The summed E-state index contributed by atoms with van der Waals surface area (Å²) in [5, 5.41) is 4.09. The molecule has 2 heterocycles. The van der Waals surface area contributed by atoms with Crippen LogP contribution in [0, 0.1) is 0 Å². The topological polar surface area (TPSA) is 62.1 Å². The van der Waals surface area contributed by atoms with Gasteiger partial charge in [0.2, 0.25) is 5.88 Å². The van der Waals surface area contributed by atoms with Crippen molar-refractivity contribution >= 4 is 15.9 Å². The molecule has 0 aliphatic rings. The summed E-state index contributed by atoms with van der Waals surface area (Å²) in [6.45, 7) is 2.78. The van der Waals surface area contributed by atoms with Crippen LogP contribution < -0.4 is 9.47 Å². The molecule has 6 nitrogen and oxygen atoms in total. The van der Waals surface area contributed by atoms with Crippen molar-refractivity contribution in [3.05, 3.63) is 23.1 Å². The van der Waals surface area contributed by atoms with Gasteiger partial charge in [-0.3, -0.25) is 4.68 Å². The number of aromatic nitrogens is 4.